The lowest BCUT2D eigenvalue weighted by molar-refractivity contribution is 0.979. The van der Waals surface area contributed by atoms with Crippen molar-refractivity contribution in [2.24, 2.45) is 0 Å². The molecule has 0 saturated carbocycles. The number of hydrogen-bond acceptors (Lipinski definition) is 0. The highest BCUT2D eigenvalue weighted by atomic mass is 31.1. The summed E-state index contributed by atoms with van der Waals surface area (Å²) in [6.45, 7) is 0. The molecule has 0 nitrogen and oxygen atoms in total. The van der Waals surface area contributed by atoms with E-state index in [-0.39, 0.29) is 0 Å². The third-order valence-corrected chi connectivity index (χ3v) is 14.8. The predicted octanol–water partition coefficient (Wildman–Crippen LogP) is 15.3. The lowest BCUT2D eigenvalue weighted by Crippen LogP contribution is -2.01. The van der Waals surface area contributed by atoms with Crippen LogP contribution < -0.4 is 0 Å². The van der Waals surface area contributed by atoms with Crippen LogP contribution in [0.1, 0.15) is 34.9 Å². The Balaban J connectivity index is 1.26. The fraction of sp³-hybridized carbons (Fsp3) is 0.0769. The maximum absolute atomic E-state index is 2.61. The summed E-state index contributed by atoms with van der Waals surface area (Å²) >= 11 is 0. The molecular weight excluding hydrogens is 656 g/mol. The van der Waals surface area contributed by atoms with E-state index in [2.05, 4.69) is 182 Å². The summed E-state index contributed by atoms with van der Waals surface area (Å²) in [4.78, 5) is 0. The van der Waals surface area contributed by atoms with Crippen molar-refractivity contribution in [2.45, 2.75) is 24.9 Å². The first-order valence-electron chi connectivity index (χ1n) is 18.9. The Morgan fingerprint density at radius 1 is 0.491 bits per heavy atom. The highest BCUT2D eigenvalue weighted by Crippen LogP contribution is 2.59. The third kappa shape index (κ3) is 4.83. The van der Waals surface area contributed by atoms with Gasteiger partial charge >= 0.3 is 0 Å². The summed E-state index contributed by atoms with van der Waals surface area (Å²) in [7, 11) is -0.401. The lowest BCUT2D eigenvalue weighted by Gasteiger charge is -2.25. The van der Waals surface area contributed by atoms with E-state index >= 15 is 0 Å². The molecule has 1 heterocycles. The normalized spacial score (nSPS) is 15.8. The Kier molecular flexibility index (Phi) is 7.14. The van der Waals surface area contributed by atoms with E-state index in [4.69, 9.17) is 0 Å². The first-order chi connectivity index (χ1) is 26.3. The first-order valence-corrected chi connectivity index (χ1v) is 20.3. The molecule has 9 aromatic rings. The van der Waals surface area contributed by atoms with Crippen LogP contribution in [0.15, 0.2) is 176 Å². The molecule has 2 unspecified atom stereocenters. The molecule has 250 valence electrons. The first kappa shape index (κ1) is 30.7. The fourth-order valence-corrected chi connectivity index (χ4v) is 12.6. The molecule has 1 aromatic heterocycles. The van der Waals surface area contributed by atoms with Gasteiger partial charge in [0.25, 0.3) is 0 Å². The van der Waals surface area contributed by atoms with E-state index in [1.165, 1.54) is 87.4 Å². The predicted molar refractivity (Wildman–Crippen MR) is 232 cm³/mol. The smallest absolute Gasteiger partial charge is 0.0200 e. The van der Waals surface area contributed by atoms with Crippen molar-refractivity contribution in [3.8, 4) is 22.3 Å². The molecule has 2 aliphatic carbocycles. The molecule has 0 spiro atoms. The summed E-state index contributed by atoms with van der Waals surface area (Å²) in [5.74, 6) is 0. The van der Waals surface area contributed by atoms with Crippen LogP contribution in [0.5, 0.6) is 0 Å². The maximum atomic E-state index is 2.61. The Morgan fingerprint density at radius 3 is 1.92 bits per heavy atom. The van der Waals surface area contributed by atoms with Gasteiger partial charge in [0.1, 0.15) is 0 Å². The number of benzene rings is 8. The number of allylic oxidation sites excluding steroid dienone is 5. The molecule has 8 aromatic carbocycles. The van der Waals surface area contributed by atoms with Gasteiger partial charge in [-0.25, -0.2) is 0 Å². The van der Waals surface area contributed by atoms with E-state index in [9.17, 15) is 0 Å². The second-order valence-electron chi connectivity index (χ2n) is 14.6. The molecule has 11 rings (SSSR count). The number of rotatable bonds is 4. The van der Waals surface area contributed by atoms with Crippen LogP contribution in [0.2, 0.25) is 0 Å². The van der Waals surface area contributed by atoms with Crippen molar-refractivity contribution in [3.05, 3.63) is 192 Å². The average Bonchev–Trinajstić information content (AvgIpc) is 3.56. The molecule has 0 N–H and O–H groups in total. The van der Waals surface area contributed by atoms with Crippen LogP contribution in [-0.4, -0.2) is 0 Å². The van der Waals surface area contributed by atoms with E-state index < -0.39 is 7.53 Å². The van der Waals surface area contributed by atoms with E-state index in [0.29, 0.717) is 5.66 Å². The molecule has 53 heavy (non-hydrogen) atoms. The van der Waals surface area contributed by atoms with Gasteiger partial charge in [-0.05, 0) is 130 Å². The minimum Gasteiger partial charge on any atom is -0.106 e. The van der Waals surface area contributed by atoms with Crippen LogP contribution in [-0.2, 0) is 6.42 Å². The zero-order chi connectivity index (χ0) is 34.9. The second kappa shape index (κ2) is 12.3. The van der Waals surface area contributed by atoms with E-state index in [1.807, 2.05) is 0 Å². The molecule has 1 heteroatoms. The molecule has 0 aliphatic heterocycles. The molecule has 0 amide bonds. The fourth-order valence-electron chi connectivity index (χ4n) is 9.47. The summed E-state index contributed by atoms with van der Waals surface area (Å²) in [5, 5.41) is 15.2. The average molecular weight is 693 g/mol. The summed E-state index contributed by atoms with van der Waals surface area (Å²) in [6, 6.07) is 56.9. The lowest BCUT2D eigenvalue weighted by atomic mass is 9.80. The van der Waals surface area contributed by atoms with Crippen molar-refractivity contribution < 1.29 is 0 Å². The monoisotopic (exact) mass is 692 g/mol. The van der Waals surface area contributed by atoms with Gasteiger partial charge in [-0.15, -0.1) is 7.53 Å². The quantitative estimate of drug-likeness (QED) is 0.127. The Labute approximate surface area is 311 Å². The van der Waals surface area contributed by atoms with Crippen molar-refractivity contribution in [1.82, 2.24) is 0 Å². The van der Waals surface area contributed by atoms with E-state index in [0.717, 1.165) is 19.3 Å². The van der Waals surface area contributed by atoms with Gasteiger partial charge in [-0.1, -0.05) is 164 Å². The van der Waals surface area contributed by atoms with Gasteiger partial charge in [-0.3, -0.25) is 0 Å². The molecule has 0 saturated heterocycles. The number of fused-ring (bicyclic) bond motifs is 8. The Hall–Kier alpha value is -5.94. The molecule has 2 atom stereocenters. The van der Waals surface area contributed by atoms with Crippen LogP contribution in [0.3, 0.4) is 0 Å². The van der Waals surface area contributed by atoms with Crippen LogP contribution in [0.25, 0.3) is 87.5 Å². The summed E-state index contributed by atoms with van der Waals surface area (Å²) in [6.07, 6.45) is 15.2. The van der Waals surface area contributed by atoms with Crippen LogP contribution >= 0.6 is 7.53 Å². The number of hydrogen-bond donors (Lipinski definition) is 0. The minimum atomic E-state index is -0.401. The second-order valence-corrected chi connectivity index (χ2v) is 17.1. The third-order valence-electron chi connectivity index (χ3n) is 11.8. The minimum absolute atomic E-state index is 0.401. The topological polar surface area (TPSA) is 0 Å². The van der Waals surface area contributed by atoms with Gasteiger partial charge < -0.3 is 0 Å². The van der Waals surface area contributed by atoms with Crippen molar-refractivity contribution in [1.29, 1.82) is 0 Å². The zero-order valence-electron chi connectivity index (χ0n) is 29.5. The molecule has 0 bridgehead atoms. The maximum Gasteiger partial charge on any atom is 0.0200 e. The highest BCUT2D eigenvalue weighted by Gasteiger charge is 2.28. The van der Waals surface area contributed by atoms with Crippen molar-refractivity contribution in [2.75, 3.05) is 0 Å². The zero-order valence-corrected chi connectivity index (χ0v) is 30.4. The van der Waals surface area contributed by atoms with Gasteiger partial charge in [0.05, 0.1) is 0 Å². The summed E-state index contributed by atoms with van der Waals surface area (Å²) < 4.78 is 0. The molecule has 0 radical (unpaired) electrons. The van der Waals surface area contributed by atoms with Gasteiger partial charge in [0.15, 0.2) is 0 Å². The molecule has 2 aliphatic rings. The van der Waals surface area contributed by atoms with Crippen molar-refractivity contribution in [3.63, 3.8) is 0 Å². The highest BCUT2D eigenvalue weighted by molar-refractivity contribution is 7.57. The van der Waals surface area contributed by atoms with Gasteiger partial charge in [0.2, 0.25) is 0 Å². The van der Waals surface area contributed by atoms with Crippen LogP contribution in [0.4, 0.5) is 0 Å². The molecular formula is C52H37P. The Morgan fingerprint density at radius 2 is 1.15 bits per heavy atom. The molecule has 0 fully saturated rings. The largest absolute Gasteiger partial charge is 0.106 e. The standard InChI is InChI=1S/C52H37P/c1-3-15-34(16-4-1)45-31-36-18-7-8-19-37(36)32-47(45)51-43-25-12-11-24-42(43)50(52-40-22-10-9-17-35(40)27-29-44(51)52)38-28-30-49-46(33-38)41-23-13-14-26-48(41)53(49)39-20-5-2-6-21-39/h1-20,22-27,29,31-33,39H,21,28,30H2. The Bertz CT molecular complexity index is 3020. The van der Waals surface area contributed by atoms with E-state index in [1.54, 1.807) is 10.4 Å². The van der Waals surface area contributed by atoms with Gasteiger partial charge in [-0.2, -0.15) is 0 Å². The van der Waals surface area contributed by atoms with Crippen LogP contribution in [0, 0.1) is 0 Å². The summed E-state index contributed by atoms with van der Waals surface area (Å²) in [5.41, 5.74) is 10.0. The van der Waals surface area contributed by atoms with Gasteiger partial charge in [0, 0.05) is 10.8 Å². The SMILES string of the molecule is C1=CCC(p2c3c(c4ccccc42)C=C(c2c4ccccc4c(-c4cc5ccccc5cc4-c4ccccc4)c4ccc5ccccc5c24)CC3)C=C1. The van der Waals surface area contributed by atoms with Crippen molar-refractivity contribution >= 4 is 72.8 Å².